The average molecular weight is 606 g/mol. The monoisotopic (exact) mass is 605 g/mol. The number of hydrogen-bond donors (Lipinski definition) is 3. The Bertz CT molecular complexity index is 1350. The smallest absolute Gasteiger partial charge is 0.287 e. The van der Waals surface area contributed by atoms with Crippen LogP contribution in [0.4, 0.5) is 11.5 Å². The van der Waals surface area contributed by atoms with Crippen LogP contribution in [0.25, 0.3) is 0 Å². The number of benzene rings is 1. The number of methoxy groups -OCH3 is 1. The number of anilines is 1. The molecule has 2 aliphatic rings. The van der Waals surface area contributed by atoms with Gasteiger partial charge in [0, 0.05) is 38.7 Å². The van der Waals surface area contributed by atoms with Gasteiger partial charge in [-0.3, -0.25) is 14.9 Å². The summed E-state index contributed by atoms with van der Waals surface area (Å²) in [5.41, 5.74) is -0.114. The third kappa shape index (κ3) is 8.38. The molecule has 42 heavy (non-hydrogen) atoms. The van der Waals surface area contributed by atoms with E-state index in [1.165, 1.54) is 31.4 Å². The summed E-state index contributed by atoms with van der Waals surface area (Å²) in [6.45, 7) is 0.0947. The summed E-state index contributed by atoms with van der Waals surface area (Å²) in [6.07, 6.45) is 4.89. The summed E-state index contributed by atoms with van der Waals surface area (Å²) in [7, 11) is -2.40. The number of nitrogens with zero attached hydrogens (tertiary/aromatic N) is 3. The topological polar surface area (TPSA) is 182 Å². The molecule has 0 unspecified atom stereocenters. The van der Waals surface area contributed by atoms with Crippen LogP contribution >= 0.6 is 0 Å². The first-order valence-electron chi connectivity index (χ1n) is 13.6. The highest BCUT2D eigenvalue weighted by atomic mass is 32.2. The average Bonchev–Trinajstić information content (AvgIpc) is 3.85. The van der Waals surface area contributed by atoms with Gasteiger partial charge in [0.05, 0.1) is 30.1 Å². The Morgan fingerprint density at radius 1 is 1.19 bits per heavy atom. The lowest BCUT2D eigenvalue weighted by Gasteiger charge is -2.30. The lowest BCUT2D eigenvalue weighted by Crippen LogP contribution is -2.38. The minimum atomic E-state index is -3.89. The fourth-order valence-electron chi connectivity index (χ4n) is 4.50. The van der Waals surface area contributed by atoms with Gasteiger partial charge in [0.1, 0.15) is 17.8 Å². The van der Waals surface area contributed by atoms with Crippen LogP contribution in [-0.2, 0) is 24.3 Å². The van der Waals surface area contributed by atoms with Crippen LogP contribution in [0.3, 0.4) is 0 Å². The molecule has 4 rings (SSSR count). The number of aliphatic hydroxyl groups excluding tert-OH is 1. The Kier molecular flexibility index (Phi) is 10.7. The standard InChI is InChI=1S/C27H35N5O9S/c1-39-22-5-7-23(8-6-22)42(37,38)31(12-14-33)13-15-40-26-17-20(19-2-3-19)16-24(41-26)27(34)29-11-10-28-25-9-4-21(18-30-25)32(35)36/h4-9,16,18-20,26,33H,2-3,10-15,17H2,1H3,(H,28,30)(H,29,34)/t20-,26+/m0/s1. The number of sulfonamides is 1. The molecule has 0 saturated heterocycles. The highest BCUT2D eigenvalue weighted by molar-refractivity contribution is 7.89. The van der Waals surface area contributed by atoms with Crippen molar-refractivity contribution < 1.29 is 37.5 Å². The summed E-state index contributed by atoms with van der Waals surface area (Å²) >= 11 is 0. The Morgan fingerprint density at radius 2 is 1.95 bits per heavy atom. The lowest BCUT2D eigenvalue weighted by atomic mass is 9.96. The van der Waals surface area contributed by atoms with Crippen molar-refractivity contribution in [2.75, 3.05) is 51.8 Å². The number of aliphatic hydroxyl groups is 1. The highest BCUT2D eigenvalue weighted by Crippen LogP contribution is 2.42. The number of nitrogens with one attached hydrogen (secondary N) is 2. The fraction of sp³-hybridized carbons (Fsp3) is 0.481. The van der Waals surface area contributed by atoms with Gasteiger partial charge in [0.15, 0.2) is 5.76 Å². The van der Waals surface area contributed by atoms with E-state index >= 15 is 0 Å². The predicted molar refractivity (Wildman–Crippen MR) is 151 cm³/mol. The quantitative estimate of drug-likeness (QED) is 0.144. The molecular formula is C27H35N5O9S. The number of rotatable bonds is 16. The number of amides is 1. The molecule has 0 radical (unpaired) electrons. The third-order valence-corrected chi connectivity index (χ3v) is 8.82. The van der Waals surface area contributed by atoms with Crippen molar-refractivity contribution in [3.05, 3.63) is 64.5 Å². The zero-order chi connectivity index (χ0) is 30.1. The Morgan fingerprint density at radius 3 is 2.57 bits per heavy atom. The molecule has 1 saturated carbocycles. The van der Waals surface area contributed by atoms with Crippen LogP contribution in [0.5, 0.6) is 5.75 Å². The number of carbonyl (C=O) groups excluding carboxylic acids is 1. The van der Waals surface area contributed by atoms with Gasteiger partial charge < -0.3 is 30.0 Å². The van der Waals surface area contributed by atoms with Gasteiger partial charge in [-0.1, -0.05) is 0 Å². The molecule has 0 spiro atoms. The zero-order valence-electron chi connectivity index (χ0n) is 23.2. The molecule has 0 bridgehead atoms. The minimum absolute atomic E-state index is 0.00149. The molecule has 1 aliphatic carbocycles. The van der Waals surface area contributed by atoms with E-state index in [1.54, 1.807) is 12.1 Å². The summed E-state index contributed by atoms with van der Waals surface area (Å²) < 4.78 is 44.3. The largest absolute Gasteiger partial charge is 0.497 e. The second kappa shape index (κ2) is 14.4. The van der Waals surface area contributed by atoms with E-state index in [-0.39, 0.29) is 55.1 Å². The van der Waals surface area contributed by atoms with Crippen molar-refractivity contribution in [3.8, 4) is 5.75 Å². The van der Waals surface area contributed by atoms with E-state index in [0.29, 0.717) is 30.5 Å². The van der Waals surface area contributed by atoms with Crippen molar-refractivity contribution in [2.45, 2.75) is 30.4 Å². The molecule has 1 aliphatic heterocycles. The first-order chi connectivity index (χ1) is 20.2. The zero-order valence-corrected chi connectivity index (χ0v) is 24.0. The molecule has 2 atom stereocenters. The molecule has 1 aromatic carbocycles. The van der Waals surface area contributed by atoms with E-state index in [4.69, 9.17) is 14.2 Å². The van der Waals surface area contributed by atoms with Crippen molar-refractivity contribution >= 4 is 27.4 Å². The number of pyridine rings is 1. The molecule has 1 amide bonds. The van der Waals surface area contributed by atoms with Crippen LogP contribution < -0.4 is 15.4 Å². The predicted octanol–water partition coefficient (Wildman–Crippen LogP) is 1.88. The van der Waals surface area contributed by atoms with Crippen molar-refractivity contribution in [1.29, 1.82) is 0 Å². The van der Waals surface area contributed by atoms with E-state index in [0.717, 1.165) is 23.3 Å². The molecule has 1 fully saturated rings. The summed E-state index contributed by atoms with van der Waals surface area (Å²) in [4.78, 5) is 27.1. The van der Waals surface area contributed by atoms with Crippen molar-refractivity contribution in [2.24, 2.45) is 11.8 Å². The maximum atomic E-state index is 13.1. The van der Waals surface area contributed by atoms with E-state index in [1.807, 2.05) is 6.08 Å². The number of nitro groups is 1. The summed E-state index contributed by atoms with van der Waals surface area (Å²) in [6, 6.07) is 8.81. The number of ether oxygens (including phenoxy) is 3. The van der Waals surface area contributed by atoms with Gasteiger partial charge in [-0.15, -0.1) is 0 Å². The third-order valence-electron chi connectivity index (χ3n) is 6.91. The van der Waals surface area contributed by atoms with Gasteiger partial charge in [-0.05, 0) is 61.1 Å². The van der Waals surface area contributed by atoms with Crippen LogP contribution in [0.1, 0.15) is 19.3 Å². The van der Waals surface area contributed by atoms with Gasteiger partial charge in [-0.2, -0.15) is 4.31 Å². The Labute approximate surface area is 243 Å². The van der Waals surface area contributed by atoms with Gasteiger partial charge in [0.25, 0.3) is 11.6 Å². The molecule has 1 aromatic heterocycles. The maximum Gasteiger partial charge on any atom is 0.287 e. The minimum Gasteiger partial charge on any atom is -0.497 e. The molecule has 15 heteroatoms. The number of aromatic nitrogens is 1. The molecule has 228 valence electrons. The number of allylic oxidation sites excluding steroid dienone is 1. The van der Waals surface area contributed by atoms with Crippen LogP contribution in [-0.4, -0.2) is 86.4 Å². The number of hydrogen-bond acceptors (Lipinski definition) is 11. The van der Waals surface area contributed by atoms with Gasteiger partial charge in [-0.25, -0.2) is 13.4 Å². The highest BCUT2D eigenvalue weighted by Gasteiger charge is 2.37. The van der Waals surface area contributed by atoms with Crippen molar-refractivity contribution in [1.82, 2.24) is 14.6 Å². The molecular weight excluding hydrogens is 570 g/mol. The van der Waals surface area contributed by atoms with E-state index in [2.05, 4.69) is 15.6 Å². The van der Waals surface area contributed by atoms with E-state index in [9.17, 15) is 28.4 Å². The normalized spacial score (nSPS) is 18.6. The molecule has 2 heterocycles. The summed E-state index contributed by atoms with van der Waals surface area (Å²) in [5, 5.41) is 26.0. The second-order valence-corrected chi connectivity index (χ2v) is 11.8. The molecule has 2 aromatic rings. The molecule has 14 nitrogen and oxygen atoms in total. The second-order valence-electron chi connectivity index (χ2n) is 9.83. The number of carbonyl (C=O) groups is 1. The SMILES string of the molecule is COc1ccc(S(=O)(=O)N(CCO)CCO[C@H]2C[C@@H](C3CC3)C=C(C(=O)NCCNc3ccc([N+](=O)[O-])cn3)O2)cc1. The van der Waals surface area contributed by atoms with E-state index < -0.39 is 27.1 Å². The maximum absolute atomic E-state index is 13.1. The fourth-order valence-corrected chi connectivity index (χ4v) is 5.91. The first-order valence-corrected chi connectivity index (χ1v) is 15.0. The van der Waals surface area contributed by atoms with Crippen molar-refractivity contribution in [3.63, 3.8) is 0 Å². The lowest BCUT2D eigenvalue weighted by molar-refractivity contribution is -0.385. The first kappa shape index (κ1) is 31.2. The van der Waals surface area contributed by atoms with Gasteiger partial charge >= 0.3 is 0 Å². The Balaban J connectivity index is 1.28. The van der Waals surface area contributed by atoms with Crippen LogP contribution in [0.2, 0.25) is 0 Å². The molecule has 3 N–H and O–H groups in total. The van der Waals surface area contributed by atoms with Crippen LogP contribution in [0.15, 0.2) is 59.3 Å². The summed E-state index contributed by atoms with van der Waals surface area (Å²) in [5.74, 6) is 1.25. The van der Waals surface area contributed by atoms with Gasteiger partial charge in [0.2, 0.25) is 16.3 Å². The Hall–Kier alpha value is -3.79. The van der Waals surface area contributed by atoms with Crippen LogP contribution in [0, 0.1) is 22.0 Å².